The van der Waals surface area contributed by atoms with Crippen molar-refractivity contribution in [3.05, 3.63) is 101 Å². The van der Waals surface area contributed by atoms with Gasteiger partial charge in [0, 0.05) is 50.5 Å². The minimum atomic E-state index is -5.03. The third-order valence-corrected chi connectivity index (χ3v) is 7.13. The van der Waals surface area contributed by atoms with Gasteiger partial charge < -0.3 is 15.0 Å². The van der Waals surface area contributed by atoms with E-state index in [1.54, 1.807) is 7.11 Å². The number of nitrogens with one attached hydrogen (secondary N) is 1. The number of nitrogens with zero attached hydrogens (tertiary/aromatic N) is 1. The highest BCUT2D eigenvalue weighted by Crippen LogP contribution is 2.41. The van der Waals surface area contributed by atoms with Gasteiger partial charge in [-0.05, 0) is 60.2 Å². The maximum atomic E-state index is 13.4. The summed E-state index contributed by atoms with van der Waals surface area (Å²) in [5.41, 5.74) is -0.800. The second kappa shape index (κ2) is 12.3. The van der Waals surface area contributed by atoms with Crippen molar-refractivity contribution in [3.63, 3.8) is 0 Å². The standard InChI is InChI=1S/C30H30F6N2O2/c1-40-14-6-12-37-25-10-5-9-21(17-25)27-19-38(13-11-26(27)20-7-3-2-4-8-20)28(39)22-15-23(29(31,32)33)18-24(16-22)30(34,35)36/h2-5,7-10,15-18,26-27,37H,6,11-14,19H2,1H3. The van der Waals surface area contributed by atoms with E-state index >= 15 is 0 Å². The molecule has 4 rings (SSSR count). The number of hydrogen-bond donors (Lipinski definition) is 1. The Bertz CT molecular complexity index is 1260. The van der Waals surface area contributed by atoms with Gasteiger partial charge in [-0.25, -0.2) is 0 Å². The van der Waals surface area contributed by atoms with E-state index in [1.165, 1.54) is 4.90 Å². The summed E-state index contributed by atoms with van der Waals surface area (Å²) in [5.74, 6) is -1.09. The van der Waals surface area contributed by atoms with Crippen LogP contribution >= 0.6 is 0 Å². The largest absolute Gasteiger partial charge is 0.416 e. The lowest BCUT2D eigenvalue weighted by Crippen LogP contribution is -2.42. The van der Waals surface area contributed by atoms with Gasteiger partial charge in [0.2, 0.25) is 0 Å². The summed E-state index contributed by atoms with van der Waals surface area (Å²) in [4.78, 5) is 14.8. The lowest BCUT2D eigenvalue weighted by atomic mass is 9.76. The third-order valence-electron chi connectivity index (χ3n) is 7.13. The molecule has 0 spiro atoms. The normalized spacial score (nSPS) is 18.0. The van der Waals surface area contributed by atoms with E-state index < -0.39 is 35.0 Å². The van der Waals surface area contributed by atoms with Crippen LogP contribution in [-0.4, -0.2) is 44.2 Å². The Hall–Kier alpha value is -3.53. The van der Waals surface area contributed by atoms with Crippen LogP contribution in [0, 0.1) is 0 Å². The smallest absolute Gasteiger partial charge is 0.385 e. The molecule has 1 saturated heterocycles. The lowest BCUT2D eigenvalue weighted by Gasteiger charge is -2.39. The zero-order chi connectivity index (χ0) is 28.9. The van der Waals surface area contributed by atoms with Crippen LogP contribution in [0.2, 0.25) is 0 Å². The molecular formula is C30H30F6N2O2. The molecule has 0 aromatic heterocycles. The van der Waals surface area contributed by atoms with Crippen LogP contribution in [0.5, 0.6) is 0 Å². The van der Waals surface area contributed by atoms with Crippen LogP contribution in [0.15, 0.2) is 72.8 Å². The Labute approximate surface area is 228 Å². The number of rotatable bonds is 8. The SMILES string of the molecule is COCCCNc1cccc(C2CN(C(=O)c3cc(C(F)(F)F)cc(C(F)(F)F)c3)CCC2c2ccccc2)c1. The van der Waals surface area contributed by atoms with Crippen molar-refractivity contribution in [1.29, 1.82) is 0 Å². The number of amides is 1. The molecule has 1 fully saturated rings. The summed E-state index contributed by atoms with van der Waals surface area (Å²) < 4.78 is 85.7. The van der Waals surface area contributed by atoms with Gasteiger partial charge in [0.1, 0.15) is 0 Å². The number of benzene rings is 3. The number of anilines is 1. The number of alkyl halides is 6. The van der Waals surface area contributed by atoms with Crippen LogP contribution in [0.3, 0.4) is 0 Å². The van der Waals surface area contributed by atoms with Crippen LogP contribution in [-0.2, 0) is 17.1 Å². The Morgan fingerprint density at radius 3 is 2.15 bits per heavy atom. The summed E-state index contributed by atoms with van der Waals surface area (Å²) >= 11 is 0. The number of methoxy groups -OCH3 is 1. The molecule has 0 bridgehead atoms. The maximum absolute atomic E-state index is 13.4. The van der Waals surface area contributed by atoms with E-state index in [2.05, 4.69) is 5.32 Å². The highest BCUT2D eigenvalue weighted by atomic mass is 19.4. The van der Waals surface area contributed by atoms with Gasteiger partial charge in [0.05, 0.1) is 11.1 Å². The first-order valence-electron chi connectivity index (χ1n) is 12.9. The number of carbonyl (C=O) groups excluding carboxylic acids is 1. The van der Waals surface area contributed by atoms with E-state index in [-0.39, 0.29) is 31.0 Å². The van der Waals surface area contributed by atoms with Crippen molar-refractivity contribution >= 4 is 11.6 Å². The number of piperidine rings is 1. The maximum Gasteiger partial charge on any atom is 0.416 e. The Morgan fingerprint density at radius 1 is 0.875 bits per heavy atom. The molecule has 0 radical (unpaired) electrons. The van der Waals surface area contributed by atoms with E-state index in [0.717, 1.165) is 23.2 Å². The van der Waals surface area contributed by atoms with Crippen LogP contribution < -0.4 is 5.32 Å². The van der Waals surface area contributed by atoms with Gasteiger partial charge in [0.25, 0.3) is 5.91 Å². The van der Waals surface area contributed by atoms with Crippen LogP contribution in [0.1, 0.15) is 57.3 Å². The number of likely N-dealkylation sites (tertiary alicyclic amines) is 1. The van der Waals surface area contributed by atoms with Crippen molar-refractivity contribution in [3.8, 4) is 0 Å². The molecule has 0 aliphatic carbocycles. The quantitative estimate of drug-likeness (QED) is 0.227. The molecule has 2 atom stereocenters. The molecule has 2 unspecified atom stereocenters. The van der Waals surface area contributed by atoms with E-state index in [1.807, 2.05) is 54.6 Å². The van der Waals surface area contributed by atoms with Crippen LogP contribution in [0.25, 0.3) is 0 Å². The summed E-state index contributed by atoms with van der Waals surface area (Å²) in [6.07, 6.45) is -8.77. The first kappa shape index (κ1) is 29.5. The Morgan fingerprint density at radius 2 is 1.52 bits per heavy atom. The van der Waals surface area contributed by atoms with Crippen molar-refractivity contribution < 1.29 is 35.9 Å². The zero-order valence-electron chi connectivity index (χ0n) is 21.9. The molecule has 0 saturated carbocycles. The summed E-state index contributed by atoms with van der Waals surface area (Å²) in [5, 5.41) is 3.34. The molecule has 1 aliphatic rings. The predicted octanol–water partition coefficient (Wildman–Crippen LogP) is 7.59. The monoisotopic (exact) mass is 564 g/mol. The number of hydrogen-bond acceptors (Lipinski definition) is 3. The van der Waals surface area contributed by atoms with Gasteiger partial charge in [-0.2, -0.15) is 26.3 Å². The minimum Gasteiger partial charge on any atom is -0.385 e. The fourth-order valence-electron chi connectivity index (χ4n) is 5.16. The predicted molar refractivity (Wildman–Crippen MR) is 140 cm³/mol. The van der Waals surface area contributed by atoms with Crippen molar-refractivity contribution in [2.75, 3.05) is 38.7 Å². The minimum absolute atomic E-state index is 0.00115. The molecule has 1 amide bonds. The van der Waals surface area contributed by atoms with Gasteiger partial charge >= 0.3 is 12.4 Å². The number of carbonyl (C=O) groups is 1. The number of ether oxygens (including phenoxy) is 1. The van der Waals surface area contributed by atoms with Crippen molar-refractivity contribution in [2.24, 2.45) is 0 Å². The van der Waals surface area contributed by atoms with Gasteiger partial charge in [0.15, 0.2) is 0 Å². The fraction of sp³-hybridized carbons (Fsp3) is 0.367. The van der Waals surface area contributed by atoms with Crippen molar-refractivity contribution in [1.82, 2.24) is 4.90 Å². The summed E-state index contributed by atoms with van der Waals surface area (Å²) in [7, 11) is 1.63. The molecule has 10 heteroatoms. The number of halogens is 6. The Balaban J connectivity index is 1.65. The average molecular weight is 565 g/mol. The van der Waals surface area contributed by atoms with E-state index in [4.69, 9.17) is 4.74 Å². The van der Waals surface area contributed by atoms with Gasteiger partial charge in [-0.15, -0.1) is 0 Å². The first-order valence-corrected chi connectivity index (χ1v) is 12.9. The highest BCUT2D eigenvalue weighted by Gasteiger charge is 2.39. The summed E-state index contributed by atoms with van der Waals surface area (Å²) in [6, 6.07) is 18.5. The average Bonchev–Trinajstić information content (AvgIpc) is 2.94. The molecule has 40 heavy (non-hydrogen) atoms. The fourth-order valence-corrected chi connectivity index (χ4v) is 5.16. The molecule has 1 N–H and O–H groups in total. The van der Waals surface area contributed by atoms with E-state index in [9.17, 15) is 31.1 Å². The highest BCUT2D eigenvalue weighted by molar-refractivity contribution is 5.95. The van der Waals surface area contributed by atoms with Gasteiger partial charge in [-0.1, -0.05) is 42.5 Å². The molecule has 3 aromatic rings. The Kier molecular flexibility index (Phi) is 9.08. The molecule has 4 nitrogen and oxygen atoms in total. The molecule has 214 valence electrons. The zero-order valence-corrected chi connectivity index (χ0v) is 21.9. The lowest BCUT2D eigenvalue weighted by molar-refractivity contribution is -0.143. The summed E-state index contributed by atoms with van der Waals surface area (Å²) in [6.45, 7) is 1.63. The second-order valence-electron chi connectivity index (χ2n) is 9.86. The van der Waals surface area contributed by atoms with E-state index in [0.29, 0.717) is 31.7 Å². The van der Waals surface area contributed by atoms with Crippen LogP contribution in [0.4, 0.5) is 32.0 Å². The molecule has 1 aliphatic heterocycles. The molecular weight excluding hydrogens is 534 g/mol. The van der Waals surface area contributed by atoms with Crippen molar-refractivity contribution in [2.45, 2.75) is 37.0 Å². The second-order valence-corrected chi connectivity index (χ2v) is 9.86. The topological polar surface area (TPSA) is 41.6 Å². The van der Waals surface area contributed by atoms with Gasteiger partial charge in [-0.3, -0.25) is 4.79 Å². The third kappa shape index (κ3) is 7.15. The molecule has 3 aromatic carbocycles. The molecule has 1 heterocycles. The first-order chi connectivity index (χ1) is 19.0.